The molecule has 0 amide bonds. The van der Waals surface area contributed by atoms with Crippen molar-refractivity contribution in [2.24, 2.45) is 0 Å². The summed E-state index contributed by atoms with van der Waals surface area (Å²) in [6.07, 6.45) is 3.62. The second-order valence-electron chi connectivity index (χ2n) is 30.8. The Morgan fingerprint density at radius 2 is 0.487 bits per heavy atom. The second kappa shape index (κ2) is 25.4. The third-order valence-electron chi connectivity index (χ3n) is 24.7. The first kappa shape index (κ1) is 64.8. The zero-order chi connectivity index (χ0) is 76.5. The summed E-state index contributed by atoms with van der Waals surface area (Å²) in [5.74, 6) is 2.30. The van der Waals surface area contributed by atoms with Crippen LogP contribution in [0.1, 0.15) is 0 Å². The first-order valence-electron chi connectivity index (χ1n) is 39.9. The highest BCUT2D eigenvalue weighted by Crippen LogP contribution is 2.55. The maximum absolute atomic E-state index is 5.27. The molecule has 6 aromatic heterocycles. The Labute approximate surface area is 671 Å². The minimum absolute atomic E-state index is 0.669. The van der Waals surface area contributed by atoms with Crippen LogP contribution in [0.4, 0.5) is 0 Å². The van der Waals surface area contributed by atoms with E-state index in [2.05, 4.69) is 376 Å². The van der Waals surface area contributed by atoms with E-state index in [0.717, 1.165) is 61.7 Å². The maximum Gasteiger partial charge on any atom is 0.235 e. The molecule has 0 radical (unpaired) electrons. The number of rotatable bonds is 6. The molecule has 0 fully saturated rings. The van der Waals surface area contributed by atoms with E-state index in [-0.39, 0.29) is 0 Å². The molecule has 0 bridgehead atoms. The van der Waals surface area contributed by atoms with E-state index in [0.29, 0.717) is 11.9 Å². The van der Waals surface area contributed by atoms with Crippen molar-refractivity contribution in [3.63, 3.8) is 0 Å². The molecule has 0 aliphatic heterocycles. The number of aromatic nitrogens is 8. The molecule has 3 aliphatic rings. The Morgan fingerprint density at radius 1 is 0.171 bits per heavy atom. The average Bonchev–Trinajstić information content (AvgIpc) is 1.55. The molecule has 117 heavy (non-hydrogen) atoms. The summed E-state index contributed by atoms with van der Waals surface area (Å²) in [5.41, 5.74) is 28.1. The summed E-state index contributed by atoms with van der Waals surface area (Å²) in [5, 5.41) is 23.1. The molecule has 27 rings (SSSR count). The van der Waals surface area contributed by atoms with Crippen LogP contribution in [0, 0.1) is 0 Å². The lowest BCUT2D eigenvalue weighted by Gasteiger charge is -2.15. The van der Waals surface area contributed by atoms with Crippen molar-refractivity contribution in [1.82, 2.24) is 38.6 Å². The van der Waals surface area contributed by atoms with Gasteiger partial charge in [0.05, 0.1) is 50.2 Å². The first-order valence-corrected chi connectivity index (χ1v) is 39.9. The quantitative estimate of drug-likeness (QED) is 0.155. The van der Waals surface area contributed by atoms with Gasteiger partial charge in [-0.25, -0.2) is 24.9 Å². The molecule has 540 valence electrons. The van der Waals surface area contributed by atoms with Gasteiger partial charge >= 0.3 is 0 Å². The van der Waals surface area contributed by atoms with Crippen molar-refractivity contribution in [1.29, 1.82) is 0 Å². The number of benzene rings is 18. The third kappa shape index (κ3) is 9.61. The van der Waals surface area contributed by atoms with Crippen molar-refractivity contribution in [2.45, 2.75) is 0 Å². The SMILES string of the molecule is c1ccc(-c2cc(-c3ccccc3)nc(-n3c4cccc5c4c4c6c(cc7ccccc7c6ccc43)-c3ccccc3-5)n2)cc1.c1ccc(-c2cccc(-n3c4cccc5c4c4c6c(cc7ccccc7c6ccc43)-c3ccccc3-5)n2)cc1.c1cnc(-n2c3cccc4c3c3c5c(cc6ccccc6c5ccc32)-c2ccccc2-4)nc1. The minimum atomic E-state index is 0.669. The Kier molecular flexibility index (Phi) is 14.1. The Morgan fingerprint density at radius 3 is 0.897 bits per heavy atom. The largest absolute Gasteiger partial charge is 0.294 e. The highest BCUT2D eigenvalue weighted by molar-refractivity contribution is 6.37. The summed E-state index contributed by atoms with van der Waals surface area (Å²) < 4.78 is 6.84. The van der Waals surface area contributed by atoms with Crippen molar-refractivity contribution >= 4 is 130 Å². The number of pyridine rings is 1. The summed E-state index contributed by atoms with van der Waals surface area (Å²) >= 11 is 0. The molecule has 0 saturated carbocycles. The van der Waals surface area contributed by atoms with Gasteiger partial charge < -0.3 is 0 Å². The number of nitrogens with zero attached hydrogens (tertiary/aromatic N) is 8. The van der Waals surface area contributed by atoms with E-state index in [1.165, 1.54) is 175 Å². The normalized spacial score (nSPS) is 12.1. The van der Waals surface area contributed by atoms with Gasteiger partial charge in [0, 0.05) is 77.6 Å². The zero-order valence-electron chi connectivity index (χ0n) is 63.0. The summed E-state index contributed by atoms with van der Waals surface area (Å²) in [6, 6.07) is 135. The lowest BCUT2D eigenvalue weighted by molar-refractivity contribution is 0.989. The number of hydrogen-bond donors (Lipinski definition) is 0. The standard InChI is InChI=1S/C42H25N3.C37H22N2.C30H17N3/c1-3-12-26(13-4-1)35-25-36(27-14-5-2-6-15-27)44-42(43-35)45-37-21-11-20-32-30-18-9-10-19-31(30)34-24-28-16-7-8-17-29(28)33-22-23-38(45)41(39(33)34)40(32)37;1-2-10-23(11-3-1)31-17-9-19-34(38-31)39-32-18-8-16-28-26-14-6-7-15-27(26)30-22-24-12-4-5-13-25(24)29-20-21-33(39)37(35(29)30)36(28)32;1-2-8-19-18(7-1)17-24-21-10-4-3-9-20(21)22-11-5-12-25-28(22)29-26(14-13-23(19)27(24)29)33(25)30-31-15-6-16-32-30/h1-25H;1-22H;1-17H. The van der Waals surface area contributed by atoms with Crippen LogP contribution in [0.2, 0.25) is 0 Å². The lowest BCUT2D eigenvalue weighted by Crippen LogP contribution is -2.04. The van der Waals surface area contributed by atoms with Gasteiger partial charge in [-0.2, -0.15) is 0 Å². The van der Waals surface area contributed by atoms with E-state index >= 15 is 0 Å². The molecule has 0 N–H and O–H groups in total. The topological polar surface area (TPSA) is 79.2 Å². The molecular formula is C109H64N8. The van der Waals surface area contributed by atoms with Gasteiger partial charge in [0.25, 0.3) is 0 Å². The van der Waals surface area contributed by atoms with Gasteiger partial charge in [-0.3, -0.25) is 13.7 Å². The van der Waals surface area contributed by atoms with E-state index < -0.39 is 0 Å². The van der Waals surface area contributed by atoms with Crippen molar-refractivity contribution in [3.05, 3.63) is 389 Å². The van der Waals surface area contributed by atoms with Gasteiger partial charge in [-0.05, 0) is 194 Å². The van der Waals surface area contributed by atoms with Crippen LogP contribution in [-0.4, -0.2) is 38.6 Å². The van der Waals surface area contributed by atoms with Gasteiger partial charge in [0.2, 0.25) is 11.9 Å². The van der Waals surface area contributed by atoms with Crippen LogP contribution in [0.5, 0.6) is 0 Å². The van der Waals surface area contributed by atoms with Gasteiger partial charge in [0.1, 0.15) is 5.82 Å². The Hall–Kier alpha value is -15.8. The van der Waals surface area contributed by atoms with E-state index in [4.69, 9.17) is 15.0 Å². The Bertz CT molecular complexity index is 8310. The van der Waals surface area contributed by atoms with Crippen LogP contribution in [0.15, 0.2) is 389 Å². The fourth-order valence-corrected chi connectivity index (χ4v) is 19.9. The molecule has 8 heteroatoms. The average molecular weight is 1490 g/mol. The lowest BCUT2D eigenvalue weighted by atomic mass is 9.90. The minimum Gasteiger partial charge on any atom is -0.294 e. The molecule has 3 aliphatic carbocycles. The summed E-state index contributed by atoms with van der Waals surface area (Å²) in [4.78, 5) is 25.0. The van der Waals surface area contributed by atoms with Crippen LogP contribution in [0.25, 0.3) is 248 Å². The molecule has 0 unspecified atom stereocenters. The smallest absolute Gasteiger partial charge is 0.235 e. The van der Waals surface area contributed by atoms with Gasteiger partial charge in [0.15, 0.2) is 0 Å². The third-order valence-corrected chi connectivity index (χ3v) is 24.7. The predicted octanol–water partition coefficient (Wildman–Crippen LogP) is 28.2. The maximum atomic E-state index is 5.27. The predicted molar refractivity (Wildman–Crippen MR) is 486 cm³/mol. The zero-order valence-corrected chi connectivity index (χ0v) is 63.0. The molecule has 0 atom stereocenters. The molecular weight excluding hydrogens is 1420 g/mol. The Balaban J connectivity index is 0.0000000992. The summed E-state index contributed by atoms with van der Waals surface area (Å²) in [7, 11) is 0. The fourth-order valence-electron chi connectivity index (χ4n) is 19.9. The molecule has 18 aromatic carbocycles. The molecule has 24 aromatic rings. The van der Waals surface area contributed by atoms with Crippen molar-refractivity contribution in [3.8, 4) is 118 Å². The highest BCUT2D eigenvalue weighted by Gasteiger charge is 2.31. The van der Waals surface area contributed by atoms with Crippen molar-refractivity contribution in [2.75, 3.05) is 0 Å². The summed E-state index contributed by atoms with van der Waals surface area (Å²) in [6.45, 7) is 0. The van der Waals surface area contributed by atoms with E-state index in [1.54, 1.807) is 0 Å². The van der Waals surface area contributed by atoms with Crippen molar-refractivity contribution < 1.29 is 0 Å². The number of hydrogen-bond acceptors (Lipinski definition) is 5. The second-order valence-corrected chi connectivity index (χ2v) is 30.8. The molecule has 8 nitrogen and oxygen atoms in total. The monoisotopic (exact) mass is 1480 g/mol. The fraction of sp³-hybridized carbons (Fsp3) is 0. The van der Waals surface area contributed by atoms with Crippen LogP contribution in [-0.2, 0) is 0 Å². The van der Waals surface area contributed by atoms with Crippen LogP contribution in [0.3, 0.4) is 0 Å². The van der Waals surface area contributed by atoms with E-state index in [1.807, 2.05) is 36.7 Å². The van der Waals surface area contributed by atoms with Crippen LogP contribution < -0.4 is 0 Å². The van der Waals surface area contributed by atoms with Gasteiger partial charge in [-0.15, -0.1) is 0 Å². The van der Waals surface area contributed by atoms with Crippen LogP contribution >= 0.6 is 0 Å². The molecule has 0 spiro atoms. The number of fused-ring (bicyclic) bond motifs is 15. The van der Waals surface area contributed by atoms with E-state index in [9.17, 15) is 0 Å². The highest BCUT2D eigenvalue weighted by atomic mass is 15.2. The van der Waals surface area contributed by atoms with Gasteiger partial charge in [-0.1, -0.05) is 297 Å². The molecule has 0 saturated heterocycles. The molecule has 6 heterocycles. The first-order chi connectivity index (χ1) is 58.1.